The third-order valence-electron chi connectivity index (χ3n) is 5.82. The Bertz CT molecular complexity index is 897. The Morgan fingerprint density at radius 1 is 1.47 bits per heavy atom. The normalized spacial score (nSPS) is 24.3. The van der Waals surface area contributed by atoms with Gasteiger partial charge in [-0.15, -0.1) is 0 Å². The van der Waals surface area contributed by atoms with Crippen LogP contribution in [0, 0.1) is 0 Å². The molecule has 1 saturated carbocycles. The molecule has 1 aromatic heterocycles. The molecule has 2 amide bonds. The van der Waals surface area contributed by atoms with E-state index in [9.17, 15) is 14.7 Å². The fourth-order valence-electron chi connectivity index (χ4n) is 3.84. The van der Waals surface area contributed by atoms with Gasteiger partial charge in [-0.1, -0.05) is 6.07 Å². The SMILES string of the molecule is COC(C)(C)CN1C(O)=C(C(=O)NC2CC2)C(=O)N2NC(c3cccnc3N)CC12. The molecule has 0 radical (unpaired) electrons. The molecule has 2 unspecified atom stereocenters. The number of hydrogen-bond acceptors (Lipinski definition) is 8. The first-order valence-corrected chi connectivity index (χ1v) is 10.1. The van der Waals surface area contributed by atoms with Crippen LogP contribution in [0.4, 0.5) is 5.82 Å². The van der Waals surface area contributed by atoms with Crippen molar-refractivity contribution in [2.75, 3.05) is 19.4 Å². The number of nitrogens with one attached hydrogen (secondary N) is 2. The molecule has 3 aliphatic rings. The van der Waals surface area contributed by atoms with Gasteiger partial charge in [0.2, 0.25) is 5.88 Å². The van der Waals surface area contributed by atoms with Crippen LogP contribution < -0.4 is 16.5 Å². The number of nitrogen functional groups attached to an aromatic ring is 1. The van der Waals surface area contributed by atoms with E-state index in [1.807, 2.05) is 19.9 Å². The number of nitrogens with two attached hydrogens (primary N) is 1. The number of carbonyl (C=O) groups is 2. The zero-order valence-corrected chi connectivity index (χ0v) is 17.4. The molecule has 1 saturated heterocycles. The fourth-order valence-corrected chi connectivity index (χ4v) is 3.84. The zero-order valence-electron chi connectivity index (χ0n) is 17.4. The number of carbonyl (C=O) groups excluding carboxylic acids is 2. The third-order valence-corrected chi connectivity index (χ3v) is 5.82. The van der Waals surface area contributed by atoms with E-state index in [1.165, 1.54) is 5.01 Å². The number of amides is 2. The van der Waals surface area contributed by atoms with Crippen LogP contribution in [-0.4, -0.2) is 63.3 Å². The van der Waals surface area contributed by atoms with Gasteiger partial charge in [0.1, 0.15) is 12.0 Å². The van der Waals surface area contributed by atoms with Crippen LogP contribution in [-0.2, 0) is 14.3 Å². The topological polar surface area (TPSA) is 133 Å². The van der Waals surface area contributed by atoms with E-state index in [0.717, 1.165) is 18.4 Å². The van der Waals surface area contributed by atoms with Crippen molar-refractivity contribution in [1.82, 2.24) is 25.6 Å². The van der Waals surface area contributed by atoms with E-state index in [0.29, 0.717) is 12.2 Å². The molecule has 0 spiro atoms. The van der Waals surface area contributed by atoms with Gasteiger partial charge in [-0.25, -0.2) is 15.4 Å². The van der Waals surface area contributed by atoms with Crippen LogP contribution in [0.15, 0.2) is 29.8 Å². The lowest BCUT2D eigenvalue weighted by Gasteiger charge is -2.42. The number of hydrazine groups is 1. The summed E-state index contributed by atoms with van der Waals surface area (Å²) in [7, 11) is 1.58. The highest BCUT2D eigenvalue weighted by Crippen LogP contribution is 2.37. The fraction of sp³-hybridized carbons (Fsp3) is 0.550. The zero-order chi connectivity index (χ0) is 21.6. The molecule has 2 atom stereocenters. The van der Waals surface area contributed by atoms with Gasteiger partial charge in [0.25, 0.3) is 11.8 Å². The van der Waals surface area contributed by atoms with Crippen molar-refractivity contribution in [2.45, 2.75) is 57.0 Å². The van der Waals surface area contributed by atoms with Gasteiger partial charge >= 0.3 is 0 Å². The van der Waals surface area contributed by atoms with Crippen LogP contribution in [0.3, 0.4) is 0 Å². The van der Waals surface area contributed by atoms with Crippen LogP contribution in [0.25, 0.3) is 0 Å². The maximum absolute atomic E-state index is 13.2. The number of methoxy groups -OCH3 is 1. The number of nitrogens with zero attached hydrogens (tertiary/aromatic N) is 3. The summed E-state index contributed by atoms with van der Waals surface area (Å²) >= 11 is 0. The Labute approximate surface area is 175 Å². The van der Waals surface area contributed by atoms with Crippen LogP contribution in [0.5, 0.6) is 0 Å². The molecule has 0 aromatic carbocycles. The van der Waals surface area contributed by atoms with Gasteiger partial charge < -0.3 is 25.8 Å². The average Bonchev–Trinajstić information content (AvgIpc) is 3.40. The maximum atomic E-state index is 13.2. The second kappa shape index (κ2) is 7.44. The first-order chi connectivity index (χ1) is 14.2. The average molecular weight is 416 g/mol. The Morgan fingerprint density at radius 2 is 2.20 bits per heavy atom. The minimum absolute atomic E-state index is 0.0571. The van der Waals surface area contributed by atoms with E-state index in [-0.39, 0.29) is 30.1 Å². The van der Waals surface area contributed by atoms with Crippen molar-refractivity contribution in [1.29, 1.82) is 0 Å². The standard InChI is InChI=1S/C20H28N6O4/c1-20(2,30-3)10-25-14-9-13(12-5-4-8-22-16(12)21)24-26(14)19(29)15(18(25)28)17(27)23-11-6-7-11/h4-5,8,11,13-14,24,28H,6-7,9-10H2,1-3H3,(H2,21,22)(H,23,27). The largest absolute Gasteiger partial charge is 0.494 e. The number of ether oxygens (including phenoxy) is 1. The lowest BCUT2D eigenvalue weighted by molar-refractivity contribution is -0.143. The van der Waals surface area contributed by atoms with Gasteiger partial charge in [-0.05, 0) is 32.8 Å². The van der Waals surface area contributed by atoms with Gasteiger partial charge in [0.05, 0.1) is 18.2 Å². The van der Waals surface area contributed by atoms with Crippen LogP contribution in [0.1, 0.15) is 44.7 Å². The smallest absolute Gasteiger partial charge is 0.280 e. The third kappa shape index (κ3) is 3.68. The highest BCUT2D eigenvalue weighted by molar-refractivity contribution is 6.19. The number of pyridine rings is 1. The Hall–Kier alpha value is -2.85. The minimum Gasteiger partial charge on any atom is -0.494 e. The van der Waals surface area contributed by atoms with Gasteiger partial charge in [0.15, 0.2) is 5.57 Å². The summed E-state index contributed by atoms with van der Waals surface area (Å²) in [5.41, 5.74) is 9.07. The summed E-state index contributed by atoms with van der Waals surface area (Å²) < 4.78 is 5.54. The van der Waals surface area contributed by atoms with Crippen molar-refractivity contribution in [3.63, 3.8) is 0 Å². The molecule has 30 heavy (non-hydrogen) atoms. The Morgan fingerprint density at radius 3 is 2.83 bits per heavy atom. The lowest BCUT2D eigenvalue weighted by Crippen LogP contribution is -2.59. The van der Waals surface area contributed by atoms with Crippen molar-refractivity contribution < 1.29 is 19.4 Å². The predicted octanol–water partition coefficient (Wildman–Crippen LogP) is 0.557. The van der Waals surface area contributed by atoms with Crippen LogP contribution in [0.2, 0.25) is 0 Å². The lowest BCUT2D eigenvalue weighted by atomic mass is 10.0. The second-order valence-corrected chi connectivity index (χ2v) is 8.59. The number of rotatable bonds is 6. The van der Waals surface area contributed by atoms with E-state index in [4.69, 9.17) is 10.5 Å². The quantitative estimate of drug-likeness (QED) is 0.495. The molecule has 1 aliphatic carbocycles. The molecule has 5 N–H and O–H groups in total. The summed E-state index contributed by atoms with van der Waals surface area (Å²) in [6.07, 6.45) is 3.31. The molecule has 2 fully saturated rings. The molecule has 4 rings (SSSR count). The first-order valence-electron chi connectivity index (χ1n) is 10.1. The summed E-state index contributed by atoms with van der Waals surface area (Å²) in [5, 5.41) is 15.2. The van der Waals surface area contributed by atoms with Gasteiger partial charge in [-0.3, -0.25) is 9.59 Å². The molecule has 162 valence electrons. The summed E-state index contributed by atoms with van der Waals surface area (Å²) in [5.74, 6) is -1.09. The number of aliphatic hydroxyl groups excluding tert-OH is 1. The number of aliphatic hydroxyl groups is 1. The van der Waals surface area contributed by atoms with Crippen molar-refractivity contribution in [3.05, 3.63) is 35.3 Å². The molecule has 3 heterocycles. The Balaban J connectivity index is 1.68. The van der Waals surface area contributed by atoms with Gasteiger partial charge in [-0.2, -0.15) is 0 Å². The van der Waals surface area contributed by atoms with Crippen LogP contribution >= 0.6 is 0 Å². The molecule has 2 aliphatic heterocycles. The second-order valence-electron chi connectivity index (χ2n) is 8.59. The first kappa shape index (κ1) is 20.4. The molecule has 10 heteroatoms. The Kier molecular flexibility index (Phi) is 5.07. The molecular formula is C20H28N6O4. The predicted molar refractivity (Wildman–Crippen MR) is 108 cm³/mol. The van der Waals surface area contributed by atoms with Crippen molar-refractivity contribution in [2.24, 2.45) is 0 Å². The van der Waals surface area contributed by atoms with E-state index < -0.39 is 23.6 Å². The molecular weight excluding hydrogens is 388 g/mol. The number of hydrogen-bond donors (Lipinski definition) is 4. The summed E-state index contributed by atoms with van der Waals surface area (Å²) in [4.78, 5) is 31.7. The van der Waals surface area contributed by atoms with Crippen molar-refractivity contribution in [3.8, 4) is 0 Å². The minimum atomic E-state index is -0.621. The highest BCUT2D eigenvalue weighted by atomic mass is 16.5. The van der Waals surface area contributed by atoms with Crippen molar-refractivity contribution >= 4 is 17.6 Å². The number of anilines is 1. The number of aromatic nitrogens is 1. The highest BCUT2D eigenvalue weighted by Gasteiger charge is 2.49. The summed E-state index contributed by atoms with van der Waals surface area (Å²) in [6.45, 7) is 4.04. The van der Waals surface area contributed by atoms with Gasteiger partial charge in [0, 0.05) is 31.3 Å². The summed E-state index contributed by atoms with van der Waals surface area (Å²) in [6, 6.07) is 3.39. The van der Waals surface area contributed by atoms with E-state index in [1.54, 1.807) is 24.3 Å². The monoisotopic (exact) mass is 416 g/mol. The molecule has 1 aromatic rings. The van der Waals surface area contributed by atoms with E-state index in [2.05, 4.69) is 15.7 Å². The number of fused-ring (bicyclic) bond motifs is 1. The maximum Gasteiger partial charge on any atom is 0.280 e. The van der Waals surface area contributed by atoms with E-state index >= 15 is 0 Å². The molecule has 0 bridgehead atoms. The molecule has 10 nitrogen and oxygen atoms in total.